The van der Waals surface area contributed by atoms with E-state index >= 15 is 0 Å². The van der Waals surface area contributed by atoms with Gasteiger partial charge >= 0.3 is 0 Å². The van der Waals surface area contributed by atoms with Crippen molar-refractivity contribution in [3.63, 3.8) is 0 Å². The van der Waals surface area contributed by atoms with Crippen LogP contribution in [0, 0.1) is 0 Å². The van der Waals surface area contributed by atoms with Gasteiger partial charge in [-0.15, -0.1) is 0 Å². The summed E-state index contributed by atoms with van der Waals surface area (Å²) < 4.78 is 7.92. The Balaban J connectivity index is 1.42. The number of fused-ring (bicyclic) bond motifs is 3. The summed E-state index contributed by atoms with van der Waals surface area (Å²) in [6.45, 7) is 0.640. The van der Waals surface area contributed by atoms with E-state index < -0.39 is 6.10 Å². The second-order valence-electron chi connectivity index (χ2n) is 6.91. The van der Waals surface area contributed by atoms with Gasteiger partial charge in [-0.3, -0.25) is 5.43 Å². The van der Waals surface area contributed by atoms with Crippen molar-refractivity contribution in [2.75, 3.05) is 6.61 Å². The smallest absolute Gasteiger partial charge is 0.184 e. The number of hydrazone groups is 1. The summed E-state index contributed by atoms with van der Waals surface area (Å²) in [5.41, 5.74) is 10.9. The molecule has 0 saturated heterocycles. The van der Waals surface area contributed by atoms with E-state index in [-0.39, 0.29) is 11.7 Å². The summed E-state index contributed by atoms with van der Waals surface area (Å²) >= 11 is 4.69. The first-order valence-corrected chi connectivity index (χ1v) is 9.98. The predicted molar refractivity (Wildman–Crippen MR) is 125 cm³/mol. The molecule has 0 fully saturated rings. The van der Waals surface area contributed by atoms with Crippen molar-refractivity contribution in [3.8, 4) is 5.75 Å². The summed E-state index contributed by atoms with van der Waals surface area (Å²) in [5, 5.41) is 17.0. The highest BCUT2D eigenvalue weighted by Gasteiger charge is 2.13. The fourth-order valence-corrected chi connectivity index (χ4v) is 3.53. The lowest BCUT2D eigenvalue weighted by atomic mass is 10.2. The first-order chi connectivity index (χ1) is 14.6. The summed E-state index contributed by atoms with van der Waals surface area (Å²) in [7, 11) is 0. The Morgan fingerprint density at radius 3 is 2.23 bits per heavy atom. The summed E-state index contributed by atoms with van der Waals surface area (Å²) in [6, 6.07) is 23.9. The minimum Gasteiger partial charge on any atom is -0.491 e. The highest BCUT2D eigenvalue weighted by molar-refractivity contribution is 7.80. The minimum atomic E-state index is -0.653. The topological polar surface area (TPSA) is 84.8 Å². The van der Waals surface area contributed by atoms with E-state index in [0.29, 0.717) is 12.3 Å². The number of thiocarbonyl (C=S) groups is 1. The first-order valence-electron chi connectivity index (χ1n) is 9.57. The zero-order valence-corrected chi connectivity index (χ0v) is 17.0. The number of benzene rings is 3. The van der Waals surface area contributed by atoms with Crippen molar-refractivity contribution in [1.29, 1.82) is 0 Å². The molecule has 0 aliphatic carbocycles. The molecule has 1 atom stereocenters. The van der Waals surface area contributed by atoms with Crippen LogP contribution < -0.4 is 15.9 Å². The Hall–Kier alpha value is -3.42. The summed E-state index contributed by atoms with van der Waals surface area (Å²) in [6.07, 6.45) is 0.959. The van der Waals surface area contributed by atoms with Gasteiger partial charge in [0.2, 0.25) is 0 Å². The van der Waals surface area contributed by atoms with E-state index in [0.717, 1.165) is 16.6 Å². The average Bonchev–Trinajstić information content (AvgIpc) is 3.07. The van der Waals surface area contributed by atoms with Crippen LogP contribution in [-0.4, -0.2) is 33.7 Å². The molecule has 0 aliphatic heterocycles. The van der Waals surface area contributed by atoms with Gasteiger partial charge < -0.3 is 20.1 Å². The number of aromatic nitrogens is 1. The molecule has 0 radical (unpaired) electrons. The number of nitrogens with one attached hydrogen (secondary N) is 1. The van der Waals surface area contributed by atoms with E-state index in [1.807, 2.05) is 48.5 Å². The van der Waals surface area contributed by atoms with Crippen LogP contribution in [0.3, 0.4) is 0 Å². The third-order valence-corrected chi connectivity index (χ3v) is 4.88. The van der Waals surface area contributed by atoms with Crippen LogP contribution in [0.4, 0.5) is 0 Å². The monoisotopic (exact) mass is 418 g/mol. The zero-order chi connectivity index (χ0) is 20.9. The van der Waals surface area contributed by atoms with Crippen LogP contribution in [0.1, 0.15) is 5.56 Å². The standard InChI is InChI=1S/C23H22N4O2S/c24-23(30)26-25-13-16-9-11-18(12-10-16)29-15-17(28)14-27-21-7-3-1-5-19(21)20-6-2-4-8-22(20)27/h1-13,17,28H,14-15H2,(H3,24,26,30)/b25-13-/t17-/m0/s1. The van der Waals surface area contributed by atoms with Crippen LogP contribution in [0.15, 0.2) is 77.9 Å². The molecule has 4 N–H and O–H groups in total. The Morgan fingerprint density at radius 2 is 1.63 bits per heavy atom. The molecule has 4 aromatic rings. The van der Waals surface area contributed by atoms with Crippen molar-refractivity contribution >= 4 is 45.4 Å². The number of ether oxygens (including phenoxy) is 1. The third kappa shape index (κ3) is 4.42. The maximum absolute atomic E-state index is 10.6. The number of rotatable bonds is 7. The molecule has 30 heavy (non-hydrogen) atoms. The molecule has 0 unspecified atom stereocenters. The van der Waals surface area contributed by atoms with Gasteiger partial charge in [0.15, 0.2) is 5.11 Å². The molecule has 6 nitrogen and oxygen atoms in total. The fraction of sp³-hybridized carbons (Fsp3) is 0.130. The number of aliphatic hydroxyl groups excluding tert-OH is 1. The van der Waals surface area contributed by atoms with Gasteiger partial charge in [-0.1, -0.05) is 36.4 Å². The van der Waals surface area contributed by atoms with Crippen molar-refractivity contribution in [2.24, 2.45) is 10.8 Å². The molecule has 4 rings (SSSR count). The van der Waals surface area contributed by atoms with Gasteiger partial charge in [0, 0.05) is 21.8 Å². The van der Waals surface area contributed by atoms with Crippen molar-refractivity contribution in [1.82, 2.24) is 9.99 Å². The second-order valence-corrected chi connectivity index (χ2v) is 7.35. The third-order valence-electron chi connectivity index (χ3n) is 4.78. The quantitative estimate of drug-likeness (QED) is 0.243. The van der Waals surface area contributed by atoms with Crippen molar-refractivity contribution in [3.05, 3.63) is 78.4 Å². The second kappa shape index (κ2) is 8.94. The molecule has 0 bridgehead atoms. The molecule has 0 amide bonds. The van der Waals surface area contributed by atoms with Gasteiger partial charge in [-0.25, -0.2) is 0 Å². The van der Waals surface area contributed by atoms with Gasteiger partial charge in [0.05, 0.1) is 12.8 Å². The van der Waals surface area contributed by atoms with Crippen LogP contribution in [0.25, 0.3) is 21.8 Å². The van der Waals surface area contributed by atoms with E-state index in [4.69, 9.17) is 22.7 Å². The maximum atomic E-state index is 10.6. The number of hydrogen-bond donors (Lipinski definition) is 3. The molecule has 7 heteroatoms. The fourth-order valence-electron chi connectivity index (χ4n) is 3.48. The largest absolute Gasteiger partial charge is 0.491 e. The SMILES string of the molecule is NC(=S)N/N=C\c1ccc(OC[C@@H](O)Cn2c3ccccc3c3ccccc32)cc1. The highest BCUT2D eigenvalue weighted by Crippen LogP contribution is 2.28. The number of nitrogens with zero attached hydrogens (tertiary/aromatic N) is 2. The van der Waals surface area contributed by atoms with Crippen LogP contribution in [0.2, 0.25) is 0 Å². The molecule has 3 aromatic carbocycles. The molecule has 1 heterocycles. The van der Waals surface area contributed by atoms with Gasteiger partial charge in [0.25, 0.3) is 0 Å². The lowest BCUT2D eigenvalue weighted by Gasteiger charge is -2.15. The zero-order valence-electron chi connectivity index (χ0n) is 16.2. The lowest BCUT2D eigenvalue weighted by Crippen LogP contribution is -2.24. The normalized spacial score (nSPS) is 12.4. The first kappa shape index (κ1) is 19.9. The Labute approximate surface area is 179 Å². The summed E-state index contributed by atoms with van der Waals surface area (Å²) in [5.74, 6) is 0.677. The van der Waals surface area contributed by atoms with Crippen molar-refractivity contribution < 1.29 is 9.84 Å². The number of nitrogens with two attached hydrogens (primary N) is 1. The molecule has 0 saturated carbocycles. The van der Waals surface area contributed by atoms with Crippen molar-refractivity contribution in [2.45, 2.75) is 12.6 Å². The molecule has 1 aromatic heterocycles. The number of aliphatic hydroxyl groups is 1. The Bertz CT molecular complexity index is 1150. The molecular weight excluding hydrogens is 396 g/mol. The Kier molecular flexibility index (Phi) is 5.92. The molecule has 152 valence electrons. The lowest BCUT2D eigenvalue weighted by molar-refractivity contribution is 0.0945. The van der Waals surface area contributed by atoms with Gasteiger partial charge in [0.1, 0.15) is 18.5 Å². The summed E-state index contributed by atoms with van der Waals surface area (Å²) in [4.78, 5) is 0. The van der Waals surface area contributed by atoms with E-state index in [1.165, 1.54) is 10.8 Å². The highest BCUT2D eigenvalue weighted by atomic mass is 32.1. The van der Waals surface area contributed by atoms with Gasteiger partial charge in [-0.05, 0) is 54.2 Å². The maximum Gasteiger partial charge on any atom is 0.184 e. The van der Waals surface area contributed by atoms with E-state index in [9.17, 15) is 5.11 Å². The number of para-hydroxylation sites is 2. The molecule has 0 spiro atoms. The average molecular weight is 419 g/mol. The van der Waals surface area contributed by atoms with Crippen LogP contribution >= 0.6 is 12.2 Å². The van der Waals surface area contributed by atoms with E-state index in [1.54, 1.807) is 6.21 Å². The number of hydrogen-bond acceptors (Lipinski definition) is 4. The molecular formula is C23H22N4O2S. The minimum absolute atomic E-state index is 0.114. The van der Waals surface area contributed by atoms with E-state index in [2.05, 4.69) is 39.4 Å². The van der Waals surface area contributed by atoms with Gasteiger partial charge in [-0.2, -0.15) is 5.10 Å². The predicted octanol–water partition coefficient (Wildman–Crippen LogP) is 3.40. The Morgan fingerprint density at radius 1 is 1.03 bits per heavy atom. The van der Waals surface area contributed by atoms with Crippen LogP contribution in [0.5, 0.6) is 5.75 Å². The molecule has 0 aliphatic rings. The van der Waals surface area contributed by atoms with Crippen LogP contribution in [-0.2, 0) is 6.54 Å².